The molecule has 2 rings (SSSR count). The third-order valence-corrected chi connectivity index (χ3v) is 3.42. The zero-order chi connectivity index (χ0) is 13.8. The van der Waals surface area contributed by atoms with E-state index < -0.39 is 9.04 Å². The van der Waals surface area contributed by atoms with Crippen LogP contribution >= 0.6 is 0 Å². The van der Waals surface area contributed by atoms with Crippen LogP contribution in [0.2, 0.25) is 13.1 Å². The summed E-state index contributed by atoms with van der Waals surface area (Å²) in [6.45, 7) is 8.30. The van der Waals surface area contributed by atoms with Gasteiger partial charge in [0.2, 0.25) is 9.04 Å². The number of nitrogens with zero attached hydrogens (tertiary/aromatic N) is 1. The van der Waals surface area contributed by atoms with Crippen molar-refractivity contribution in [1.29, 1.82) is 0 Å². The quantitative estimate of drug-likeness (QED) is 0.621. The molecule has 0 saturated heterocycles. The molecule has 0 spiro atoms. The highest BCUT2D eigenvalue weighted by Crippen LogP contribution is 2.32. The lowest BCUT2D eigenvalue weighted by Crippen LogP contribution is -2.12. The zero-order valence-electron chi connectivity index (χ0n) is 11.8. The van der Waals surface area contributed by atoms with Crippen LogP contribution in [0.3, 0.4) is 0 Å². The second-order valence-electron chi connectivity index (χ2n) is 4.76. The van der Waals surface area contributed by atoms with Crippen LogP contribution in [0, 0.1) is 6.92 Å². The molecule has 1 aromatic heterocycles. The molecular weight excluding hydrogens is 254 g/mol. The van der Waals surface area contributed by atoms with Crippen LogP contribution in [0.1, 0.15) is 18.2 Å². The molecule has 4 heteroatoms. The average molecular weight is 273 g/mol. The van der Waals surface area contributed by atoms with Crippen molar-refractivity contribution in [2.24, 2.45) is 4.99 Å². The zero-order valence-corrected chi connectivity index (χ0v) is 13.0. The van der Waals surface area contributed by atoms with Crippen LogP contribution in [-0.4, -0.2) is 14.8 Å². The molecule has 0 fully saturated rings. The minimum absolute atomic E-state index is 0.786. The molecule has 0 saturated carbocycles. The fraction of sp³-hybridized carbons (Fsp3) is 0.267. The number of furan rings is 1. The van der Waals surface area contributed by atoms with E-state index in [0.29, 0.717) is 0 Å². The van der Waals surface area contributed by atoms with E-state index in [1.807, 2.05) is 44.2 Å². The second-order valence-corrected chi connectivity index (χ2v) is 7.10. The highest BCUT2D eigenvalue weighted by Gasteiger charge is 2.10. The third kappa shape index (κ3) is 3.35. The van der Waals surface area contributed by atoms with E-state index >= 15 is 0 Å². The number of aliphatic imine (C=N–C) groups is 1. The van der Waals surface area contributed by atoms with E-state index in [4.69, 9.17) is 8.84 Å². The summed E-state index contributed by atoms with van der Waals surface area (Å²) in [7, 11) is -1.15. The molecule has 0 atom stereocenters. The number of rotatable bonds is 4. The first kappa shape index (κ1) is 13.6. The summed E-state index contributed by atoms with van der Waals surface area (Å²) in [5.74, 6) is 1.68. The van der Waals surface area contributed by atoms with E-state index in [2.05, 4.69) is 18.1 Å². The number of benzene rings is 1. The highest BCUT2D eigenvalue weighted by molar-refractivity contribution is 6.49. The minimum atomic E-state index is -1.15. The maximum absolute atomic E-state index is 6.00. The van der Waals surface area contributed by atoms with Gasteiger partial charge in [0.25, 0.3) is 0 Å². The van der Waals surface area contributed by atoms with E-state index in [9.17, 15) is 0 Å². The summed E-state index contributed by atoms with van der Waals surface area (Å²) in [6, 6.07) is 9.80. The number of hydrogen-bond donors (Lipinski definition) is 0. The summed E-state index contributed by atoms with van der Waals surface area (Å²) in [6.07, 6.45) is 1.66. The van der Waals surface area contributed by atoms with Gasteiger partial charge in [-0.2, -0.15) is 0 Å². The lowest BCUT2D eigenvalue weighted by atomic mass is 10.2. The monoisotopic (exact) mass is 273 g/mol. The summed E-state index contributed by atoms with van der Waals surface area (Å²) in [5, 5.41) is 0. The van der Waals surface area contributed by atoms with Crippen molar-refractivity contribution in [3.63, 3.8) is 0 Å². The Bertz CT molecular complexity index is 574. The Morgan fingerprint density at radius 2 is 2.00 bits per heavy atom. The molecule has 100 valence electrons. The molecule has 0 amide bonds. The lowest BCUT2D eigenvalue weighted by Gasteiger charge is -2.14. The van der Waals surface area contributed by atoms with Crippen molar-refractivity contribution in [3.8, 4) is 5.75 Å². The molecule has 0 N–H and O–H groups in total. The fourth-order valence-electron chi connectivity index (χ4n) is 1.83. The first-order chi connectivity index (χ1) is 9.08. The van der Waals surface area contributed by atoms with Gasteiger partial charge in [-0.1, -0.05) is 12.1 Å². The van der Waals surface area contributed by atoms with Gasteiger partial charge in [-0.05, 0) is 50.7 Å². The van der Waals surface area contributed by atoms with Crippen LogP contribution in [0.5, 0.6) is 5.75 Å². The molecule has 0 aliphatic heterocycles. The molecule has 3 nitrogen and oxygen atoms in total. The number of para-hydroxylation sites is 1. The SMILES string of the molecule is CC(=Nc1cccc(C)c1O[SiH](C)C)c1ccco1. The summed E-state index contributed by atoms with van der Waals surface area (Å²) in [5.41, 5.74) is 2.84. The molecule has 0 unspecified atom stereocenters. The van der Waals surface area contributed by atoms with Gasteiger partial charge in [0.05, 0.1) is 12.0 Å². The largest absolute Gasteiger partial charge is 0.545 e. The molecule has 1 aromatic carbocycles. The van der Waals surface area contributed by atoms with Crippen LogP contribution in [0.4, 0.5) is 5.69 Å². The Kier molecular flexibility index (Phi) is 4.22. The molecule has 19 heavy (non-hydrogen) atoms. The van der Waals surface area contributed by atoms with Crippen molar-refractivity contribution < 1.29 is 8.84 Å². The fourth-order valence-corrected chi connectivity index (χ4v) is 2.61. The molecule has 0 aliphatic carbocycles. The molecule has 0 radical (unpaired) electrons. The normalized spacial score (nSPS) is 11.9. The van der Waals surface area contributed by atoms with E-state index in [0.717, 1.165) is 28.5 Å². The molecule has 1 heterocycles. The van der Waals surface area contributed by atoms with Gasteiger partial charge in [0.15, 0.2) is 0 Å². The maximum atomic E-state index is 6.00. The topological polar surface area (TPSA) is 34.7 Å². The van der Waals surface area contributed by atoms with E-state index in [1.54, 1.807) is 6.26 Å². The van der Waals surface area contributed by atoms with Crippen molar-refractivity contribution in [2.45, 2.75) is 26.9 Å². The minimum Gasteiger partial charge on any atom is -0.545 e. The lowest BCUT2D eigenvalue weighted by molar-refractivity contribution is 0.557. The Morgan fingerprint density at radius 3 is 2.63 bits per heavy atom. The Balaban J connectivity index is 2.39. The van der Waals surface area contributed by atoms with Crippen LogP contribution < -0.4 is 4.43 Å². The standard InChI is InChI=1S/C15H19NO2Si/c1-11-7-5-8-13(15(11)18-19(3)4)16-12(2)14-9-6-10-17-14/h5-10,19H,1-4H3. The number of aryl methyl sites for hydroxylation is 1. The first-order valence-corrected chi connectivity index (χ1v) is 9.21. The van der Waals surface area contributed by atoms with Crippen LogP contribution in [0.15, 0.2) is 46.0 Å². The molecule has 2 aromatic rings. The van der Waals surface area contributed by atoms with Gasteiger partial charge in [0.1, 0.15) is 17.2 Å². The van der Waals surface area contributed by atoms with Gasteiger partial charge < -0.3 is 8.84 Å². The molecule has 0 bridgehead atoms. The van der Waals surface area contributed by atoms with E-state index in [1.165, 1.54) is 0 Å². The smallest absolute Gasteiger partial charge is 0.229 e. The van der Waals surface area contributed by atoms with Crippen molar-refractivity contribution in [1.82, 2.24) is 0 Å². The number of hydrogen-bond acceptors (Lipinski definition) is 3. The summed E-state index contributed by atoms with van der Waals surface area (Å²) < 4.78 is 11.4. The Labute approximate surface area is 115 Å². The first-order valence-electron chi connectivity index (χ1n) is 6.43. The Hall–Kier alpha value is -1.81. The van der Waals surface area contributed by atoms with Crippen molar-refractivity contribution in [3.05, 3.63) is 47.9 Å². The van der Waals surface area contributed by atoms with Gasteiger partial charge >= 0.3 is 0 Å². The summed E-state index contributed by atoms with van der Waals surface area (Å²) >= 11 is 0. The van der Waals surface area contributed by atoms with Gasteiger partial charge in [-0.15, -0.1) is 0 Å². The van der Waals surface area contributed by atoms with Crippen LogP contribution in [-0.2, 0) is 0 Å². The van der Waals surface area contributed by atoms with Crippen molar-refractivity contribution in [2.75, 3.05) is 0 Å². The highest BCUT2D eigenvalue weighted by atomic mass is 28.3. The van der Waals surface area contributed by atoms with Crippen molar-refractivity contribution >= 4 is 20.4 Å². The van der Waals surface area contributed by atoms with Gasteiger partial charge in [0, 0.05) is 0 Å². The van der Waals surface area contributed by atoms with Gasteiger partial charge in [-0.3, -0.25) is 0 Å². The second kappa shape index (κ2) is 5.89. The average Bonchev–Trinajstić information content (AvgIpc) is 2.87. The summed E-state index contributed by atoms with van der Waals surface area (Å²) in [4.78, 5) is 4.64. The van der Waals surface area contributed by atoms with E-state index in [-0.39, 0.29) is 0 Å². The predicted molar refractivity (Wildman–Crippen MR) is 81.3 cm³/mol. The van der Waals surface area contributed by atoms with Gasteiger partial charge in [-0.25, -0.2) is 4.99 Å². The van der Waals surface area contributed by atoms with Crippen LogP contribution in [0.25, 0.3) is 0 Å². The Morgan fingerprint density at radius 1 is 1.21 bits per heavy atom. The maximum Gasteiger partial charge on any atom is 0.229 e. The third-order valence-electron chi connectivity index (χ3n) is 2.71. The molecular formula is C15H19NO2Si. The predicted octanol–water partition coefficient (Wildman–Crippen LogP) is 4.09. The molecule has 0 aliphatic rings.